The Morgan fingerprint density at radius 3 is 0.973 bits per heavy atom. The van der Waals surface area contributed by atoms with Gasteiger partial charge < -0.3 is 89.9 Å². The lowest BCUT2D eigenvalue weighted by Crippen LogP contribution is -2.66. The lowest BCUT2D eigenvalue weighted by Gasteiger charge is -2.48. The number of hydrogen-bond acceptors (Lipinski definition) is 18. The quantitative estimate of drug-likeness (QED) is 0.0199. The minimum atomic E-state index is -1.98. The Bertz CT molecular complexity index is 2430. The minimum absolute atomic E-state index is 0.247. The van der Waals surface area contributed by atoms with E-state index in [-0.39, 0.29) is 18.9 Å². The summed E-state index contributed by atoms with van der Waals surface area (Å²) >= 11 is 0. The summed E-state index contributed by atoms with van der Waals surface area (Å²) in [7, 11) is 0. The van der Waals surface area contributed by atoms with E-state index in [2.05, 4.69) is 129 Å². The lowest BCUT2D eigenvalue weighted by molar-refractivity contribution is -0.379. The van der Waals surface area contributed by atoms with Crippen LogP contribution in [0.4, 0.5) is 0 Å². The molecule has 3 aliphatic heterocycles. The number of rotatable bonds is 71. The summed E-state index contributed by atoms with van der Waals surface area (Å²) < 4.78 is 34.6. The van der Waals surface area contributed by atoms with Gasteiger partial charge in [-0.25, -0.2) is 0 Å². The maximum Gasteiger partial charge on any atom is 0.220 e. The van der Waals surface area contributed by atoms with Crippen LogP contribution in [0.1, 0.15) is 335 Å². The van der Waals surface area contributed by atoms with E-state index < -0.39 is 124 Å². The lowest BCUT2D eigenvalue weighted by atomic mass is 9.96. The van der Waals surface area contributed by atoms with Crippen LogP contribution in [-0.4, -0.2) is 193 Å². The van der Waals surface area contributed by atoms with Crippen molar-refractivity contribution in [2.45, 2.75) is 439 Å². The van der Waals surface area contributed by atoms with Gasteiger partial charge in [0.05, 0.1) is 38.6 Å². The summed E-state index contributed by atoms with van der Waals surface area (Å²) in [5.41, 5.74) is 0. The van der Waals surface area contributed by atoms with Crippen molar-refractivity contribution in [3.05, 3.63) is 109 Å². The van der Waals surface area contributed by atoms with Crippen LogP contribution in [0.15, 0.2) is 109 Å². The number of ether oxygens (including phenoxy) is 6. The Labute approximate surface area is 672 Å². The fourth-order valence-corrected chi connectivity index (χ4v) is 14.5. The van der Waals surface area contributed by atoms with Crippen molar-refractivity contribution in [1.82, 2.24) is 5.32 Å². The zero-order valence-electron chi connectivity index (χ0n) is 69.2. The zero-order valence-corrected chi connectivity index (χ0v) is 69.2. The van der Waals surface area contributed by atoms with Crippen molar-refractivity contribution in [3.8, 4) is 0 Å². The van der Waals surface area contributed by atoms with Crippen LogP contribution < -0.4 is 5.32 Å². The fraction of sp³-hybridized carbons (Fsp3) is 0.793. The highest BCUT2D eigenvalue weighted by Gasteiger charge is 2.54. The van der Waals surface area contributed by atoms with E-state index in [1.807, 2.05) is 0 Å². The Balaban J connectivity index is 1.34. The van der Waals surface area contributed by atoms with Gasteiger partial charge in [0.2, 0.25) is 5.91 Å². The predicted octanol–water partition coefficient (Wildman–Crippen LogP) is 16.8. The van der Waals surface area contributed by atoms with Gasteiger partial charge in [0, 0.05) is 6.42 Å². The maximum absolute atomic E-state index is 13.5. The van der Waals surface area contributed by atoms with Crippen molar-refractivity contribution in [2.24, 2.45) is 0 Å². The average Bonchev–Trinajstić information content (AvgIpc) is 0.780. The molecule has 0 aromatic rings. The zero-order chi connectivity index (χ0) is 80.3. The van der Waals surface area contributed by atoms with Gasteiger partial charge in [0.1, 0.15) is 73.2 Å². The van der Waals surface area contributed by atoms with Gasteiger partial charge in [0.15, 0.2) is 18.9 Å². The van der Waals surface area contributed by atoms with E-state index in [1.54, 1.807) is 0 Å². The molecular weight excluding hydrogens is 1410 g/mol. The van der Waals surface area contributed by atoms with E-state index in [0.29, 0.717) is 12.8 Å². The van der Waals surface area contributed by atoms with Gasteiger partial charge in [-0.05, 0) is 83.5 Å². The third kappa shape index (κ3) is 49.3. The molecule has 17 atom stereocenters. The molecule has 111 heavy (non-hydrogen) atoms. The van der Waals surface area contributed by atoms with E-state index in [0.717, 1.165) is 128 Å². The number of carbonyl (C=O) groups excluding carboxylic acids is 1. The molecule has 12 N–H and O–H groups in total. The summed E-state index contributed by atoms with van der Waals surface area (Å²) in [6.45, 7) is 1.71. The monoisotopic (exact) mass is 1570 g/mol. The fourth-order valence-electron chi connectivity index (χ4n) is 14.5. The molecule has 17 unspecified atom stereocenters. The van der Waals surface area contributed by atoms with Gasteiger partial charge in [-0.15, -0.1) is 0 Å². The highest BCUT2D eigenvalue weighted by Crippen LogP contribution is 2.33. The van der Waals surface area contributed by atoms with Crippen LogP contribution in [0.5, 0.6) is 0 Å². The van der Waals surface area contributed by atoms with Gasteiger partial charge in [-0.3, -0.25) is 4.79 Å². The number of unbranched alkanes of at least 4 members (excludes halogenated alkanes) is 37. The topological polar surface area (TPSA) is 307 Å². The average molecular weight is 1570 g/mol. The summed E-state index contributed by atoms with van der Waals surface area (Å²) in [4.78, 5) is 13.5. The summed E-state index contributed by atoms with van der Waals surface area (Å²) in [5.74, 6) is -0.254. The van der Waals surface area contributed by atoms with Crippen LogP contribution in [0.25, 0.3) is 0 Å². The molecule has 1 amide bonds. The van der Waals surface area contributed by atoms with Crippen molar-refractivity contribution < 1.29 is 89.4 Å². The molecule has 3 heterocycles. The summed E-state index contributed by atoms with van der Waals surface area (Å²) in [6, 6.07) is -0.904. The van der Waals surface area contributed by atoms with Gasteiger partial charge in [0.25, 0.3) is 0 Å². The molecule has 19 heteroatoms. The number of aliphatic hydroxyl groups is 11. The molecule has 3 rings (SSSR count). The first-order valence-corrected chi connectivity index (χ1v) is 44.6. The largest absolute Gasteiger partial charge is 0.394 e. The first-order chi connectivity index (χ1) is 54.3. The standard InChI is InChI=1S/C92H161NO18/c1-3-5-7-9-11-13-15-17-19-21-23-25-27-29-31-33-35-36-37-38-40-42-44-46-48-50-52-54-56-58-60-62-64-66-68-70-80(98)93-75(76(97)69-67-65-63-61-59-57-55-53-51-49-47-45-43-41-39-34-32-30-28-26-24-22-20-18-16-14-12-10-8-6-4-2)74-106-90-86(104)83(101)88(78(72-95)108-90)111-92-87(105)84(102)89(79(73-96)109-92)110-91-85(103)82(100)81(99)77(71-94)107-91/h5,7,11,13,17,19,23,25,29,31,35-36,38,40,44,46,50,52,75-79,81-92,94-97,99-105H,3-4,6,8-10,12,14-16,18,20-22,24,26-28,30,32-34,37,39,41-43,45,47-49,51,53-74H2,1-2H3,(H,93,98)/b7-5-,13-11-,19-17-,25-23-,31-29-,36-35-,40-38-,46-44-,52-50-. The van der Waals surface area contributed by atoms with Crippen molar-refractivity contribution >= 4 is 5.91 Å². The third-order valence-corrected chi connectivity index (χ3v) is 21.6. The van der Waals surface area contributed by atoms with Crippen molar-refractivity contribution in [2.75, 3.05) is 26.4 Å². The molecule has 3 aliphatic rings. The minimum Gasteiger partial charge on any atom is -0.394 e. The Morgan fingerprint density at radius 2 is 0.622 bits per heavy atom. The molecule has 0 saturated carbocycles. The Morgan fingerprint density at radius 1 is 0.333 bits per heavy atom. The SMILES string of the molecule is CC/C=C\C/C=C\C/C=C\C/C=C\C/C=C\C/C=C\C/C=C\C/C=C\C/C=C\CCCCCCCCCC(=O)NC(COC1OC(CO)C(OC2OC(CO)C(OC3OC(CO)C(O)C(O)C3O)C(O)C2O)C(O)C1O)C(O)CCCCCCCCCCCCCCCCCCCCCCCCCCCCCCCCC. The summed E-state index contributed by atoms with van der Waals surface area (Å²) in [5, 5.41) is 121. The second-order valence-electron chi connectivity index (χ2n) is 31.3. The Kier molecular flexibility index (Phi) is 64.7. The molecule has 0 aromatic carbocycles. The highest BCUT2D eigenvalue weighted by molar-refractivity contribution is 5.76. The van der Waals surface area contributed by atoms with Crippen LogP contribution in [-0.2, 0) is 33.2 Å². The first kappa shape index (κ1) is 102. The number of hydrogen-bond donors (Lipinski definition) is 12. The number of allylic oxidation sites excluding steroid dienone is 18. The molecule has 0 bridgehead atoms. The molecule has 19 nitrogen and oxygen atoms in total. The van der Waals surface area contributed by atoms with Crippen molar-refractivity contribution in [3.63, 3.8) is 0 Å². The molecule has 0 spiro atoms. The molecule has 0 radical (unpaired) electrons. The molecular formula is C92H161NO18. The maximum atomic E-state index is 13.5. The smallest absolute Gasteiger partial charge is 0.220 e. The van der Waals surface area contributed by atoms with E-state index in [1.165, 1.54) is 173 Å². The van der Waals surface area contributed by atoms with Gasteiger partial charge in [-0.2, -0.15) is 0 Å². The predicted molar refractivity (Wildman–Crippen MR) is 447 cm³/mol. The molecule has 3 saturated heterocycles. The molecule has 642 valence electrons. The second-order valence-corrected chi connectivity index (χ2v) is 31.3. The molecule has 0 aromatic heterocycles. The van der Waals surface area contributed by atoms with Crippen LogP contribution >= 0.6 is 0 Å². The second kappa shape index (κ2) is 70.6. The van der Waals surface area contributed by atoms with Crippen LogP contribution in [0.2, 0.25) is 0 Å². The Hall–Kier alpha value is -3.55. The number of amides is 1. The van der Waals surface area contributed by atoms with Gasteiger partial charge in [-0.1, -0.05) is 354 Å². The van der Waals surface area contributed by atoms with Crippen LogP contribution in [0.3, 0.4) is 0 Å². The van der Waals surface area contributed by atoms with E-state index in [4.69, 9.17) is 28.4 Å². The summed E-state index contributed by atoms with van der Waals surface area (Å²) in [6.07, 6.45) is 71.8. The normalized spacial score (nSPS) is 25.6. The van der Waals surface area contributed by atoms with E-state index >= 15 is 0 Å². The van der Waals surface area contributed by atoms with Gasteiger partial charge >= 0.3 is 0 Å². The van der Waals surface area contributed by atoms with Crippen molar-refractivity contribution in [1.29, 1.82) is 0 Å². The van der Waals surface area contributed by atoms with E-state index in [9.17, 15) is 61.0 Å². The number of nitrogens with one attached hydrogen (secondary N) is 1. The first-order valence-electron chi connectivity index (χ1n) is 44.6. The molecule has 3 fully saturated rings. The highest BCUT2D eigenvalue weighted by atomic mass is 16.8. The van der Waals surface area contributed by atoms with Crippen LogP contribution in [0, 0.1) is 0 Å². The number of carbonyl (C=O) groups is 1. The number of aliphatic hydroxyl groups excluding tert-OH is 11. The molecule has 0 aliphatic carbocycles. The third-order valence-electron chi connectivity index (χ3n) is 21.6.